The molecule has 5 heteroatoms. The van der Waals surface area contributed by atoms with E-state index in [4.69, 9.17) is 4.42 Å². The Bertz CT molecular complexity index is 675. The molecule has 4 nitrogen and oxygen atoms in total. The molecule has 2 aromatic rings. The topological polar surface area (TPSA) is 59.3 Å². The van der Waals surface area contributed by atoms with E-state index in [1.54, 1.807) is 25.3 Å². The molecular formula is C15H19NO3S. The van der Waals surface area contributed by atoms with E-state index < -0.39 is 10.0 Å². The van der Waals surface area contributed by atoms with E-state index in [1.165, 1.54) is 0 Å². The second-order valence-corrected chi connectivity index (χ2v) is 6.76. The van der Waals surface area contributed by atoms with Gasteiger partial charge in [0.2, 0.25) is 10.0 Å². The predicted molar refractivity (Wildman–Crippen MR) is 78.1 cm³/mol. The highest BCUT2D eigenvalue weighted by atomic mass is 32.2. The molecule has 0 aliphatic rings. The molecule has 1 N–H and O–H groups in total. The Morgan fingerprint density at radius 2 is 2.00 bits per heavy atom. The summed E-state index contributed by atoms with van der Waals surface area (Å²) in [6.45, 7) is 5.50. The second kappa shape index (κ2) is 5.81. The van der Waals surface area contributed by atoms with E-state index in [0.717, 1.165) is 16.9 Å². The van der Waals surface area contributed by atoms with E-state index in [1.807, 2.05) is 32.0 Å². The Hall–Kier alpha value is -1.59. The van der Waals surface area contributed by atoms with E-state index >= 15 is 0 Å². The van der Waals surface area contributed by atoms with Crippen molar-refractivity contribution in [3.63, 3.8) is 0 Å². The summed E-state index contributed by atoms with van der Waals surface area (Å²) in [6, 6.07) is 8.81. The number of aryl methyl sites for hydroxylation is 2. The average Bonchev–Trinajstić information content (AvgIpc) is 2.84. The van der Waals surface area contributed by atoms with Crippen molar-refractivity contribution >= 4 is 10.0 Å². The van der Waals surface area contributed by atoms with Crippen LogP contribution >= 0.6 is 0 Å². The first-order valence-corrected chi connectivity index (χ1v) is 7.99. The lowest BCUT2D eigenvalue weighted by molar-refractivity contribution is 0.479. The zero-order valence-corrected chi connectivity index (χ0v) is 12.7. The molecule has 1 aromatic carbocycles. The van der Waals surface area contributed by atoms with Crippen molar-refractivity contribution in [2.45, 2.75) is 38.1 Å². The summed E-state index contributed by atoms with van der Waals surface area (Å²) < 4.78 is 32.7. The van der Waals surface area contributed by atoms with Gasteiger partial charge in [0.25, 0.3) is 0 Å². The quantitative estimate of drug-likeness (QED) is 0.922. The maximum Gasteiger partial charge on any atom is 0.241 e. The van der Waals surface area contributed by atoms with Gasteiger partial charge in [-0.25, -0.2) is 13.1 Å². The van der Waals surface area contributed by atoms with Crippen molar-refractivity contribution in [3.8, 4) is 0 Å². The largest absolute Gasteiger partial charge is 0.469 e. The molecule has 1 unspecified atom stereocenters. The molecule has 0 saturated carbocycles. The zero-order valence-electron chi connectivity index (χ0n) is 11.9. The van der Waals surface area contributed by atoms with E-state index in [-0.39, 0.29) is 6.04 Å². The smallest absolute Gasteiger partial charge is 0.241 e. The van der Waals surface area contributed by atoms with Gasteiger partial charge >= 0.3 is 0 Å². The molecule has 20 heavy (non-hydrogen) atoms. The molecule has 0 spiro atoms. The molecule has 0 fully saturated rings. The molecule has 1 atom stereocenters. The maximum atomic E-state index is 12.4. The predicted octanol–water partition coefficient (Wildman–Crippen LogP) is 2.81. The highest BCUT2D eigenvalue weighted by Gasteiger charge is 2.20. The zero-order chi connectivity index (χ0) is 14.8. The Kier molecular flexibility index (Phi) is 4.30. The minimum atomic E-state index is -3.51. The highest BCUT2D eigenvalue weighted by Crippen LogP contribution is 2.17. The normalized spacial score (nSPS) is 13.3. The fourth-order valence-electron chi connectivity index (χ4n) is 2.10. The van der Waals surface area contributed by atoms with Crippen molar-refractivity contribution in [1.82, 2.24) is 4.72 Å². The van der Waals surface area contributed by atoms with Gasteiger partial charge in [-0.2, -0.15) is 0 Å². The molecular weight excluding hydrogens is 274 g/mol. The third-order valence-electron chi connectivity index (χ3n) is 3.08. The van der Waals surface area contributed by atoms with Crippen LogP contribution in [0.3, 0.4) is 0 Å². The van der Waals surface area contributed by atoms with Crippen molar-refractivity contribution in [1.29, 1.82) is 0 Å². The first-order chi connectivity index (χ1) is 9.38. The molecule has 1 aromatic heterocycles. The molecule has 0 bridgehead atoms. The van der Waals surface area contributed by atoms with Gasteiger partial charge in [-0.1, -0.05) is 12.1 Å². The minimum absolute atomic E-state index is 0.230. The van der Waals surface area contributed by atoms with Crippen LogP contribution in [0.15, 0.2) is 45.9 Å². The number of rotatable bonds is 5. The average molecular weight is 293 g/mol. The lowest BCUT2D eigenvalue weighted by Crippen LogP contribution is -2.34. The molecule has 0 aliphatic heterocycles. The summed E-state index contributed by atoms with van der Waals surface area (Å²) in [4.78, 5) is 0.337. The molecule has 0 amide bonds. The lowest BCUT2D eigenvalue weighted by Gasteiger charge is -2.15. The summed E-state index contributed by atoms with van der Waals surface area (Å²) in [6.07, 6.45) is 2.11. The highest BCUT2D eigenvalue weighted by molar-refractivity contribution is 7.89. The Balaban J connectivity index is 2.16. The van der Waals surface area contributed by atoms with Crippen LogP contribution in [0, 0.1) is 13.8 Å². The number of hydrogen-bond acceptors (Lipinski definition) is 3. The Morgan fingerprint density at radius 3 is 2.65 bits per heavy atom. The van der Waals surface area contributed by atoms with E-state index in [9.17, 15) is 8.42 Å². The van der Waals surface area contributed by atoms with Gasteiger partial charge in [0.15, 0.2) is 0 Å². The maximum absolute atomic E-state index is 12.4. The SMILES string of the molecule is Cc1ccc(C)c(S(=O)(=O)NC(C)Cc2ccco2)c1. The number of hydrogen-bond donors (Lipinski definition) is 1. The third-order valence-corrected chi connectivity index (χ3v) is 4.81. The summed E-state index contributed by atoms with van der Waals surface area (Å²) in [7, 11) is -3.51. The van der Waals surface area contributed by atoms with Gasteiger partial charge in [0, 0.05) is 12.5 Å². The Morgan fingerprint density at radius 1 is 1.25 bits per heavy atom. The molecule has 108 valence electrons. The number of nitrogens with one attached hydrogen (secondary N) is 1. The van der Waals surface area contributed by atoms with Crippen LogP contribution < -0.4 is 4.72 Å². The van der Waals surface area contributed by atoms with Gasteiger partial charge < -0.3 is 4.42 Å². The molecule has 0 saturated heterocycles. The third kappa shape index (κ3) is 3.49. The van der Waals surface area contributed by atoms with Crippen molar-refractivity contribution in [2.75, 3.05) is 0 Å². The number of furan rings is 1. The number of benzene rings is 1. The Labute approximate surface area is 119 Å². The summed E-state index contributed by atoms with van der Waals surface area (Å²) >= 11 is 0. The first-order valence-electron chi connectivity index (χ1n) is 6.50. The minimum Gasteiger partial charge on any atom is -0.469 e. The number of sulfonamides is 1. The van der Waals surface area contributed by atoms with Crippen LogP contribution in [-0.2, 0) is 16.4 Å². The fraction of sp³-hybridized carbons (Fsp3) is 0.333. The van der Waals surface area contributed by atoms with Gasteiger partial charge in [-0.05, 0) is 50.1 Å². The lowest BCUT2D eigenvalue weighted by atomic mass is 10.2. The van der Waals surface area contributed by atoms with Crippen LogP contribution in [0.4, 0.5) is 0 Å². The summed E-state index contributed by atoms with van der Waals surface area (Å²) in [5, 5.41) is 0. The van der Waals surface area contributed by atoms with Gasteiger partial charge in [0.1, 0.15) is 5.76 Å². The van der Waals surface area contributed by atoms with Gasteiger partial charge in [-0.3, -0.25) is 0 Å². The first kappa shape index (κ1) is 14.8. The van der Waals surface area contributed by atoms with Crippen molar-refractivity contribution in [3.05, 3.63) is 53.5 Å². The van der Waals surface area contributed by atoms with Gasteiger partial charge in [0.05, 0.1) is 11.2 Å². The molecule has 2 rings (SSSR count). The fourth-order valence-corrected chi connectivity index (χ4v) is 3.67. The van der Waals surface area contributed by atoms with Gasteiger partial charge in [-0.15, -0.1) is 0 Å². The van der Waals surface area contributed by atoms with Crippen molar-refractivity contribution < 1.29 is 12.8 Å². The van der Waals surface area contributed by atoms with Crippen LogP contribution in [0.2, 0.25) is 0 Å². The van der Waals surface area contributed by atoms with Crippen LogP contribution in [0.1, 0.15) is 23.8 Å². The monoisotopic (exact) mass is 293 g/mol. The molecule has 1 heterocycles. The van der Waals surface area contributed by atoms with E-state index in [0.29, 0.717) is 11.3 Å². The summed E-state index contributed by atoms with van der Waals surface area (Å²) in [5.41, 5.74) is 1.67. The second-order valence-electron chi connectivity index (χ2n) is 5.07. The standard InChI is InChI=1S/C15H19NO3S/c1-11-6-7-12(2)15(9-11)20(17,18)16-13(3)10-14-5-4-8-19-14/h4-9,13,16H,10H2,1-3H3. The van der Waals surface area contributed by atoms with Crippen LogP contribution in [0.25, 0.3) is 0 Å². The molecule has 0 aliphatic carbocycles. The summed E-state index contributed by atoms with van der Waals surface area (Å²) in [5.74, 6) is 0.765. The van der Waals surface area contributed by atoms with Crippen LogP contribution in [-0.4, -0.2) is 14.5 Å². The molecule has 0 radical (unpaired) electrons. The van der Waals surface area contributed by atoms with E-state index in [2.05, 4.69) is 4.72 Å². The van der Waals surface area contributed by atoms with Crippen molar-refractivity contribution in [2.24, 2.45) is 0 Å². The van der Waals surface area contributed by atoms with Crippen LogP contribution in [0.5, 0.6) is 0 Å².